The van der Waals surface area contributed by atoms with Gasteiger partial charge >= 0.3 is 0 Å². The average Bonchev–Trinajstić information content (AvgIpc) is 2.94. The van der Waals surface area contributed by atoms with Crippen LogP contribution in [0.15, 0.2) is 30.5 Å². The molecule has 1 aliphatic heterocycles. The maximum absolute atomic E-state index is 5.96. The van der Waals surface area contributed by atoms with Gasteiger partial charge < -0.3 is 9.64 Å². The van der Waals surface area contributed by atoms with Crippen molar-refractivity contribution in [2.45, 2.75) is 6.42 Å². The van der Waals surface area contributed by atoms with Crippen LogP contribution in [0.3, 0.4) is 0 Å². The number of aromatic nitrogens is 1. The lowest BCUT2D eigenvalue weighted by molar-refractivity contribution is 0.420. The van der Waals surface area contributed by atoms with E-state index in [1.165, 1.54) is 0 Å². The van der Waals surface area contributed by atoms with E-state index in [9.17, 15) is 0 Å². The van der Waals surface area contributed by atoms with E-state index in [2.05, 4.69) is 16.0 Å². The molecule has 2 aromatic rings. The predicted molar refractivity (Wildman–Crippen MR) is 79.3 cm³/mol. The summed E-state index contributed by atoms with van der Waals surface area (Å²) in [5.41, 5.74) is 0. The number of ether oxygens (including phenoxy) is 1. The molecule has 0 bridgehead atoms. The lowest BCUT2D eigenvalue weighted by Gasteiger charge is -2.19. The molecule has 3 rings (SSSR count). The van der Waals surface area contributed by atoms with Crippen LogP contribution >= 0.6 is 11.6 Å². The SMILES string of the molecule is COc1cccc2c(N3CCC(CCl)C3)nccc12. The molecule has 1 aliphatic rings. The fourth-order valence-corrected chi connectivity index (χ4v) is 3.00. The van der Waals surface area contributed by atoms with Crippen molar-refractivity contribution in [3.8, 4) is 5.75 Å². The highest BCUT2D eigenvalue weighted by molar-refractivity contribution is 6.18. The minimum Gasteiger partial charge on any atom is -0.496 e. The van der Waals surface area contributed by atoms with Crippen LogP contribution in [-0.4, -0.2) is 31.1 Å². The fourth-order valence-electron chi connectivity index (χ4n) is 2.74. The number of alkyl halides is 1. The molecule has 2 heterocycles. The molecule has 0 spiro atoms. The zero-order valence-electron chi connectivity index (χ0n) is 11.0. The summed E-state index contributed by atoms with van der Waals surface area (Å²) in [7, 11) is 1.70. The second kappa shape index (κ2) is 5.25. The second-order valence-electron chi connectivity index (χ2n) is 4.94. The second-order valence-corrected chi connectivity index (χ2v) is 5.25. The van der Waals surface area contributed by atoms with E-state index in [1.807, 2.05) is 24.4 Å². The summed E-state index contributed by atoms with van der Waals surface area (Å²) < 4.78 is 5.42. The summed E-state index contributed by atoms with van der Waals surface area (Å²) in [6.45, 7) is 2.02. The van der Waals surface area contributed by atoms with Gasteiger partial charge in [-0.05, 0) is 24.5 Å². The summed E-state index contributed by atoms with van der Waals surface area (Å²) in [5.74, 6) is 3.24. The Hall–Kier alpha value is -1.48. The highest BCUT2D eigenvalue weighted by atomic mass is 35.5. The van der Waals surface area contributed by atoms with Gasteiger partial charge in [0.05, 0.1) is 7.11 Å². The third-order valence-corrected chi connectivity index (χ3v) is 4.20. The molecule has 4 heteroatoms. The van der Waals surface area contributed by atoms with Crippen molar-refractivity contribution in [3.63, 3.8) is 0 Å². The van der Waals surface area contributed by atoms with Crippen LogP contribution in [0.5, 0.6) is 5.75 Å². The zero-order valence-corrected chi connectivity index (χ0v) is 11.7. The van der Waals surface area contributed by atoms with E-state index >= 15 is 0 Å². The van der Waals surface area contributed by atoms with E-state index < -0.39 is 0 Å². The minimum atomic E-state index is 0.573. The highest BCUT2D eigenvalue weighted by Gasteiger charge is 2.24. The molecule has 0 aliphatic carbocycles. The van der Waals surface area contributed by atoms with Crippen LogP contribution in [0.4, 0.5) is 5.82 Å². The fraction of sp³-hybridized carbons (Fsp3) is 0.400. The standard InChI is InChI=1S/C15H17ClN2O/c1-19-14-4-2-3-13-12(14)5-7-17-15(13)18-8-6-11(9-16)10-18/h2-5,7,11H,6,8-10H2,1H3. The number of benzene rings is 1. The van der Waals surface area contributed by atoms with E-state index in [4.69, 9.17) is 16.3 Å². The van der Waals surface area contributed by atoms with Gasteiger partial charge in [0.2, 0.25) is 0 Å². The lowest BCUT2D eigenvalue weighted by Crippen LogP contribution is -2.21. The van der Waals surface area contributed by atoms with Gasteiger partial charge in [0, 0.05) is 35.9 Å². The largest absolute Gasteiger partial charge is 0.496 e. The first-order valence-corrected chi connectivity index (χ1v) is 7.09. The van der Waals surface area contributed by atoms with Gasteiger partial charge in [0.25, 0.3) is 0 Å². The number of halogens is 1. The van der Waals surface area contributed by atoms with Crippen molar-refractivity contribution in [3.05, 3.63) is 30.5 Å². The molecule has 1 fully saturated rings. The van der Waals surface area contributed by atoms with Crippen LogP contribution in [0, 0.1) is 5.92 Å². The Kier molecular flexibility index (Phi) is 3.47. The van der Waals surface area contributed by atoms with Crippen LogP contribution in [0.2, 0.25) is 0 Å². The number of fused-ring (bicyclic) bond motifs is 1. The van der Waals surface area contributed by atoms with Gasteiger partial charge in [-0.3, -0.25) is 0 Å². The molecule has 1 saturated heterocycles. The van der Waals surface area contributed by atoms with Crippen molar-refractivity contribution < 1.29 is 4.74 Å². The summed E-state index contributed by atoms with van der Waals surface area (Å²) in [6, 6.07) is 8.11. The molecule has 1 atom stereocenters. The molecular weight excluding hydrogens is 260 g/mol. The van der Waals surface area contributed by atoms with E-state index in [0.29, 0.717) is 5.92 Å². The molecule has 1 unspecified atom stereocenters. The maximum Gasteiger partial charge on any atom is 0.136 e. The van der Waals surface area contributed by atoms with Crippen molar-refractivity contribution in [2.24, 2.45) is 5.92 Å². The third-order valence-electron chi connectivity index (χ3n) is 3.77. The Bertz CT molecular complexity index is 587. The number of methoxy groups -OCH3 is 1. The maximum atomic E-state index is 5.96. The average molecular weight is 277 g/mol. The summed E-state index contributed by atoms with van der Waals surface area (Å²) in [4.78, 5) is 6.89. The van der Waals surface area contributed by atoms with Gasteiger partial charge in [-0.15, -0.1) is 11.6 Å². The quantitative estimate of drug-likeness (QED) is 0.804. The molecule has 1 aromatic heterocycles. The van der Waals surface area contributed by atoms with Gasteiger partial charge in [0.15, 0.2) is 0 Å². The van der Waals surface area contributed by atoms with Crippen LogP contribution < -0.4 is 9.64 Å². The lowest BCUT2D eigenvalue weighted by atomic mass is 10.1. The van der Waals surface area contributed by atoms with Crippen molar-refractivity contribution >= 4 is 28.2 Å². The number of hydrogen-bond donors (Lipinski definition) is 0. The molecule has 19 heavy (non-hydrogen) atoms. The van der Waals surface area contributed by atoms with Crippen molar-refractivity contribution in [2.75, 3.05) is 31.0 Å². The Morgan fingerprint density at radius 2 is 2.26 bits per heavy atom. The van der Waals surface area contributed by atoms with Gasteiger partial charge in [-0.25, -0.2) is 4.98 Å². The van der Waals surface area contributed by atoms with Crippen molar-refractivity contribution in [1.82, 2.24) is 4.98 Å². The van der Waals surface area contributed by atoms with Crippen LogP contribution in [0.25, 0.3) is 10.8 Å². The molecule has 1 aromatic carbocycles. The highest BCUT2D eigenvalue weighted by Crippen LogP contribution is 2.33. The van der Waals surface area contributed by atoms with Gasteiger partial charge in [0.1, 0.15) is 11.6 Å². The third kappa shape index (κ3) is 2.23. The number of rotatable bonds is 3. The topological polar surface area (TPSA) is 25.4 Å². The molecule has 3 nitrogen and oxygen atoms in total. The molecule has 100 valence electrons. The monoisotopic (exact) mass is 276 g/mol. The Labute approximate surface area is 118 Å². The Morgan fingerprint density at radius 3 is 3.00 bits per heavy atom. The molecule has 0 radical (unpaired) electrons. The predicted octanol–water partition coefficient (Wildman–Crippen LogP) is 3.31. The molecule has 0 saturated carbocycles. The number of hydrogen-bond acceptors (Lipinski definition) is 3. The zero-order chi connectivity index (χ0) is 13.2. The minimum absolute atomic E-state index is 0.573. The number of anilines is 1. The van der Waals surface area contributed by atoms with Crippen LogP contribution in [-0.2, 0) is 0 Å². The van der Waals surface area contributed by atoms with Crippen molar-refractivity contribution in [1.29, 1.82) is 0 Å². The van der Waals surface area contributed by atoms with E-state index in [-0.39, 0.29) is 0 Å². The normalized spacial score (nSPS) is 19.1. The summed E-state index contributed by atoms with van der Waals surface area (Å²) in [5, 5.41) is 2.27. The Morgan fingerprint density at radius 1 is 1.37 bits per heavy atom. The molecule has 0 N–H and O–H groups in total. The summed E-state index contributed by atoms with van der Waals surface area (Å²) in [6.07, 6.45) is 3.00. The number of pyridine rings is 1. The summed E-state index contributed by atoms with van der Waals surface area (Å²) >= 11 is 5.96. The van der Waals surface area contributed by atoms with Gasteiger partial charge in [-0.1, -0.05) is 12.1 Å². The van der Waals surface area contributed by atoms with Crippen LogP contribution in [0.1, 0.15) is 6.42 Å². The number of nitrogens with zero attached hydrogens (tertiary/aromatic N) is 2. The first kappa shape index (κ1) is 12.5. The first-order valence-electron chi connectivity index (χ1n) is 6.56. The smallest absolute Gasteiger partial charge is 0.136 e. The van der Waals surface area contributed by atoms with E-state index in [0.717, 1.165) is 47.7 Å². The molecular formula is C15H17ClN2O. The van der Waals surface area contributed by atoms with Gasteiger partial charge in [-0.2, -0.15) is 0 Å². The Balaban J connectivity index is 2.05. The first-order chi connectivity index (χ1) is 9.33. The molecule has 0 amide bonds. The van der Waals surface area contributed by atoms with E-state index in [1.54, 1.807) is 7.11 Å².